The highest BCUT2D eigenvalue weighted by Crippen LogP contribution is 2.44. The molecule has 0 spiro atoms. The molecule has 3 nitrogen and oxygen atoms in total. The molecule has 2 rings (SSSR count). The van der Waals surface area contributed by atoms with Gasteiger partial charge >= 0.3 is 0 Å². The quantitative estimate of drug-likeness (QED) is 0.881. The average Bonchev–Trinajstić information content (AvgIpc) is 2.80. The topological polar surface area (TPSA) is 29.9 Å². The Morgan fingerprint density at radius 2 is 2.10 bits per heavy atom. The molecule has 21 heavy (non-hydrogen) atoms. The number of nitrogens with one attached hydrogen (secondary N) is 1. The summed E-state index contributed by atoms with van der Waals surface area (Å²) in [4.78, 5) is 0. The van der Waals surface area contributed by atoms with Gasteiger partial charge in [-0.2, -0.15) is 5.10 Å². The third kappa shape index (κ3) is 3.29. The summed E-state index contributed by atoms with van der Waals surface area (Å²) in [7, 11) is 0. The summed E-state index contributed by atoms with van der Waals surface area (Å²) in [6.45, 7) is 13.3. The van der Waals surface area contributed by atoms with Crippen LogP contribution in [0, 0.1) is 11.8 Å². The Hall–Kier alpha value is -0.540. The average molecular weight is 312 g/mol. The van der Waals surface area contributed by atoms with Crippen LogP contribution in [0.4, 0.5) is 0 Å². The van der Waals surface area contributed by atoms with Crippen LogP contribution in [-0.2, 0) is 12.0 Å². The fourth-order valence-electron chi connectivity index (χ4n) is 4.15. The predicted molar refractivity (Wildman–Crippen MR) is 89.9 cm³/mol. The monoisotopic (exact) mass is 311 g/mol. The third-order valence-corrected chi connectivity index (χ3v) is 5.49. The molecule has 1 aromatic rings. The van der Waals surface area contributed by atoms with Crippen LogP contribution >= 0.6 is 11.6 Å². The van der Waals surface area contributed by atoms with Gasteiger partial charge in [0, 0.05) is 18.0 Å². The first-order valence-electron chi connectivity index (χ1n) is 8.36. The van der Waals surface area contributed by atoms with Crippen molar-refractivity contribution in [3.8, 4) is 0 Å². The first kappa shape index (κ1) is 16.8. The summed E-state index contributed by atoms with van der Waals surface area (Å²) in [5.41, 5.74) is 1.24. The van der Waals surface area contributed by atoms with Crippen LogP contribution in [0.15, 0.2) is 6.20 Å². The van der Waals surface area contributed by atoms with Crippen molar-refractivity contribution in [3.63, 3.8) is 0 Å². The molecule has 1 aliphatic carbocycles. The molecule has 0 aliphatic heterocycles. The minimum atomic E-state index is 0.0383. The molecule has 0 bridgehead atoms. The summed E-state index contributed by atoms with van der Waals surface area (Å²) in [6.07, 6.45) is 5.64. The lowest BCUT2D eigenvalue weighted by Gasteiger charge is -2.45. The Morgan fingerprint density at radius 1 is 1.38 bits per heavy atom. The van der Waals surface area contributed by atoms with E-state index in [4.69, 9.17) is 11.6 Å². The van der Waals surface area contributed by atoms with Crippen molar-refractivity contribution in [3.05, 3.63) is 16.9 Å². The van der Waals surface area contributed by atoms with Gasteiger partial charge in [-0.25, -0.2) is 0 Å². The standard InChI is InChI=1S/C17H30ClN3/c1-6-19-15-10-12(3)8-9-13(15)17(4,5)16-14(18)11-20-21(16)7-2/h11-13,15,19H,6-10H2,1-5H3. The molecule has 120 valence electrons. The van der Waals surface area contributed by atoms with E-state index in [9.17, 15) is 0 Å². The summed E-state index contributed by atoms with van der Waals surface area (Å²) < 4.78 is 2.07. The van der Waals surface area contributed by atoms with E-state index in [0.29, 0.717) is 12.0 Å². The van der Waals surface area contributed by atoms with E-state index in [1.807, 2.05) is 0 Å². The van der Waals surface area contributed by atoms with E-state index in [-0.39, 0.29) is 5.41 Å². The molecule has 0 saturated heterocycles. The Balaban J connectivity index is 2.34. The summed E-state index contributed by atoms with van der Waals surface area (Å²) in [6, 6.07) is 0.574. The van der Waals surface area contributed by atoms with E-state index < -0.39 is 0 Å². The summed E-state index contributed by atoms with van der Waals surface area (Å²) in [5.74, 6) is 1.42. The maximum atomic E-state index is 6.48. The molecule has 1 saturated carbocycles. The Bertz CT molecular complexity index is 467. The number of nitrogens with zero attached hydrogens (tertiary/aromatic N) is 2. The van der Waals surface area contributed by atoms with Crippen molar-refractivity contribution in [2.75, 3.05) is 6.54 Å². The molecule has 1 aromatic heterocycles. The van der Waals surface area contributed by atoms with Gasteiger partial charge in [0.2, 0.25) is 0 Å². The number of aromatic nitrogens is 2. The number of rotatable bonds is 5. The lowest BCUT2D eigenvalue weighted by Crippen LogP contribution is -2.49. The van der Waals surface area contributed by atoms with Crippen molar-refractivity contribution in [2.24, 2.45) is 11.8 Å². The first-order valence-corrected chi connectivity index (χ1v) is 8.74. The zero-order valence-corrected chi connectivity index (χ0v) is 14.9. The molecular weight excluding hydrogens is 282 g/mol. The smallest absolute Gasteiger partial charge is 0.0823 e. The molecule has 1 fully saturated rings. The van der Waals surface area contributed by atoms with Gasteiger partial charge in [0.1, 0.15) is 0 Å². The molecule has 0 amide bonds. The lowest BCUT2D eigenvalue weighted by atomic mass is 9.65. The highest BCUT2D eigenvalue weighted by Gasteiger charge is 2.42. The first-order chi connectivity index (χ1) is 9.91. The van der Waals surface area contributed by atoms with Crippen molar-refractivity contribution in [1.29, 1.82) is 0 Å². The second-order valence-corrected chi connectivity index (χ2v) is 7.47. The zero-order chi connectivity index (χ0) is 15.6. The van der Waals surface area contributed by atoms with Crippen LogP contribution in [0.3, 0.4) is 0 Å². The minimum Gasteiger partial charge on any atom is -0.314 e. The van der Waals surface area contributed by atoms with Crippen molar-refractivity contribution in [1.82, 2.24) is 15.1 Å². The molecule has 3 unspecified atom stereocenters. The highest BCUT2D eigenvalue weighted by atomic mass is 35.5. The lowest BCUT2D eigenvalue weighted by molar-refractivity contribution is 0.141. The fourth-order valence-corrected chi connectivity index (χ4v) is 4.54. The molecular formula is C17H30ClN3. The molecule has 0 radical (unpaired) electrons. The maximum absolute atomic E-state index is 6.48. The number of aryl methyl sites for hydroxylation is 1. The summed E-state index contributed by atoms with van der Waals surface area (Å²) >= 11 is 6.48. The van der Waals surface area contributed by atoms with Gasteiger partial charge in [0.15, 0.2) is 0 Å². The van der Waals surface area contributed by atoms with Crippen LogP contribution in [0.25, 0.3) is 0 Å². The Morgan fingerprint density at radius 3 is 2.71 bits per heavy atom. The molecule has 1 heterocycles. The molecule has 0 aromatic carbocycles. The van der Waals surface area contributed by atoms with E-state index in [1.54, 1.807) is 6.20 Å². The van der Waals surface area contributed by atoms with Gasteiger partial charge in [-0.05, 0) is 38.1 Å². The third-order valence-electron chi connectivity index (χ3n) is 5.21. The van der Waals surface area contributed by atoms with E-state index in [1.165, 1.54) is 25.0 Å². The second kappa shape index (κ2) is 6.70. The van der Waals surface area contributed by atoms with Gasteiger partial charge < -0.3 is 5.32 Å². The van der Waals surface area contributed by atoms with Gasteiger partial charge in [-0.1, -0.05) is 45.7 Å². The van der Waals surface area contributed by atoms with Gasteiger partial charge in [0.25, 0.3) is 0 Å². The highest BCUT2D eigenvalue weighted by molar-refractivity contribution is 6.31. The largest absolute Gasteiger partial charge is 0.314 e. The van der Waals surface area contributed by atoms with Crippen molar-refractivity contribution in [2.45, 2.75) is 71.9 Å². The molecule has 1 aliphatic rings. The van der Waals surface area contributed by atoms with Crippen LogP contribution < -0.4 is 5.32 Å². The molecule has 1 N–H and O–H groups in total. The summed E-state index contributed by atoms with van der Waals surface area (Å²) in [5, 5.41) is 8.98. The van der Waals surface area contributed by atoms with Crippen LogP contribution in [0.2, 0.25) is 5.02 Å². The van der Waals surface area contributed by atoms with Crippen LogP contribution in [0.5, 0.6) is 0 Å². The Kier molecular flexibility index (Phi) is 5.37. The van der Waals surface area contributed by atoms with E-state index in [0.717, 1.165) is 24.0 Å². The van der Waals surface area contributed by atoms with Crippen LogP contribution in [0.1, 0.15) is 59.6 Å². The predicted octanol–water partition coefficient (Wildman–Crippen LogP) is 4.25. The van der Waals surface area contributed by atoms with E-state index in [2.05, 4.69) is 49.7 Å². The van der Waals surface area contributed by atoms with Gasteiger partial charge in [0.05, 0.1) is 16.9 Å². The molecule has 4 heteroatoms. The number of halogens is 1. The van der Waals surface area contributed by atoms with Gasteiger partial charge in [-0.15, -0.1) is 0 Å². The van der Waals surface area contributed by atoms with E-state index >= 15 is 0 Å². The number of hydrogen-bond acceptors (Lipinski definition) is 2. The minimum absolute atomic E-state index is 0.0383. The zero-order valence-electron chi connectivity index (χ0n) is 14.1. The second-order valence-electron chi connectivity index (χ2n) is 7.07. The Labute approximate surface area is 134 Å². The fraction of sp³-hybridized carbons (Fsp3) is 0.824. The number of hydrogen-bond donors (Lipinski definition) is 1. The van der Waals surface area contributed by atoms with Crippen molar-refractivity contribution < 1.29 is 0 Å². The maximum Gasteiger partial charge on any atom is 0.0823 e. The SMILES string of the molecule is CCNC1CC(C)CCC1C(C)(C)c1c(Cl)cnn1CC. The normalized spacial score (nSPS) is 27.0. The molecule has 3 atom stereocenters. The van der Waals surface area contributed by atoms with Crippen molar-refractivity contribution >= 4 is 11.6 Å². The van der Waals surface area contributed by atoms with Crippen LogP contribution in [-0.4, -0.2) is 22.4 Å². The van der Waals surface area contributed by atoms with Gasteiger partial charge in [-0.3, -0.25) is 4.68 Å².